The first-order valence-corrected chi connectivity index (χ1v) is 8.45. The normalized spacial score (nSPS) is 11.3. The van der Waals surface area contributed by atoms with Crippen molar-refractivity contribution in [3.63, 3.8) is 0 Å². The molecule has 1 aromatic carbocycles. The van der Waals surface area contributed by atoms with Gasteiger partial charge < -0.3 is 10.6 Å². The quantitative estimate of drug-likeness (QED) is 0.708. The molecule has 0 saturated heterocycles. The summed E-state index contributed by atoms with van der Waals surface area (Å²) in [6.07, 6.45) is -1.62. The van der Waals surface area contributed by atoms with E-state index in [0.717, 1.165) is 22.0 Å². The van der Waals surface area contributed by atoms with E-state index in [-0.39, 0.29) is 11.4 Å². The van der Waals surface area contributed by atoms with Crippen molar-refractivity contribution >= 4 is 23.1 Å². The summed E-state index contributed by atoms with van der Waals surface area (Å²) in [5, 5.41) is 10.7. The minimum absolute atomic E-state index is 0.0369. The Morgan fingerprint density at radius 3 is 2.77 bits per heavy atom. The molecule has 0 saturated carbocycles. The molecule has 6 nitrogen and oxygen atoms in total. The number of thiophene rings is 1. The third kappa shape index (κ3) is 4.39. The minimum atomic E-state index is -4.60. The predicted molar refractivity (Wildman–Crippen MR) is 91.4 cm³/mol. The van der Waals surface area contributed by atoms with Crippen LogP contribution in [0.1, 0.15) is 10.4 Å². The number of benzene rings is 1. The topological polar surface area (TPSA) is 71.8 Å². The number of hydrogen-bond donors (Lipinski definition) is 2. The molecule has 2 aromatic heterocycles. The largest absolute Gasteiger partial charge is 0.418 e. The van der Waals surface area contributed by atoms with E-state index in [1.165, 1.54) is 18.5 Å². The van der Waals surface area contributed by atoms with Gasteiger partial charge in [-0.25, -0.2) is 14.5 Å². The monoisotopic (exact) mass is 381 g/mol. The number of urea groups is 1. The molecule has 0 radical (unpaired) electrons. The molecule has 0 aliphatic heterocycles. The Bertz CT molecular complexity index is 863. The lowest BCUT2D eigenvalue weighted by atomic mass is 10.1. The van der Waals surface area contributed by atoms with Crippen molar-refractivity contribution in [2.24, 2.45) is 0 Å². The van der Waals surface area contributed by atoms with Crippen LogP contribution >= 0.6 is 11.3 Å². The van der Waals surface area contributed by atoms with Crippen LogP contribution < -0.4 is 10.6 Å². The first-order valence-electron chi connectivity index (χ1n) is 7.57. The zero-order valence-electron chi connectivity index (χ0n) is 13.3. The second-order valence-electron chi connectivity index (χ2n) is 5.28. The van der Waals surface area contributed by atoms with Gasteiger partial charge in [0.05, 0.1) is 11.3 Å². The number of alkyl halides is 3. The van der Waals surface area contributed by atoms with E-state index < -0.39 is 17.8 Å². The molecule has 0 aliphatic rings. The first kappa shape index (κ1) is 17.9. The highest BCUT2D eigenvalue weighted by molar-refractivity contribution is 7.09. The van der Waals surface area contributed by atoms with Gasteiger partial charge in [-0.05, 0) is 36.1 Å². The second kappa shape index (κ2) is 7.56. The molecule has 10 heteroatoms. The molecule has 3 aromatic rings. The maximum atomic E-state index is 13.3. The van der Waals surface area contributed by atoms with Gasteiger partial charge in [0.15, 0.2) is 0 Å². The molecular weight excluding hydrogens is 367 g/mol. The van der Waals surface area contributed by atoms with Crippen LogP contribution in [0.4, 0.5) is 23.7 Å². The van der Waals surface area contributed by atoms with E-state index in [9.17, 15) is 18.0 Å². The van der Waals surface area contributed by atoms with Crippen molar-refractivity contribution in [2.75, 3.05) is 11.9 Å². The molecule has 2 amide bonds. The molecule has 26 heavy (non-hydrogen) atoms. The van der Waals surface area contributed by atoms with Crippen molar-refractivity contribution in [3.8, 4) is 5.69 Å². The number of amides is 2. The van der Waals surface area contributed by atoms with E-state index in [0.29, 0.717) is 13.0 Å². The molecule has 0 atom stereocenters. The summed E-state index contributed by atoms with van der Waals surface area (Å²) >= 11 is 1.57. The highest BCUT2D eigenvalue weighted by Gasteiger charge is 2.34. The summed E-state index contributed by atoms with van der Waals surface area (Å²) in [4.78, 5) is 16.7. The zero-order valence-corrected chi connectivity index (χ0v) is 14.1. The molecule has 0 fully saturated rings. The van der Waals surface area contributed by atoms with Gasteiger partial charge in [0.2, 0.25) is 0 Å². The van der Waals surface area contributed by atoms with Crippen molar-refractivity contribution < 1.29 is 18.0 Å². The summed E-state index contributed by atoms with van der Waals surface area (Å²) in [5.74, 6) is 0. The molecular formula is C16H14F3N5OS. The summed E-state index contributed by atoms with van der Waals surface area (Å²) in [7, 11) is 0. The molecule has 2 heterocycles. The van der Waals surface area contributed by atoms with Crippen LogP contribution in [0, 0.1) is 0 Å². The van der Waals surface area contributed by atoms with Crippen LogP contribution in [0.5, 0.6) is 0 Å². The number of aromatic nitrogens is 3. The number of anilines is 1. The van der Waals surface area contributed by atoms with Crippen LogP contribution in [-0.4, -0.2) is 27.3 Å². The molecule has 0 spiro atoms. The second-order valence-corrected chi connectivity index (χ2v) is 6.31. The standard InChI is InChI=1S/C16H14F3N5OS/c17-16(18,19)13-8-11(3-4-14(13)24-10-20-9-22-24)23-15(25)21-6-5-12-2-1-7-26-12/h1-4,7-10H,5-6H2,(H2,21,23,25). The molecule has 0 aliphatic carbocycles. The van der Waals surface area contributed by atoms with Crippen LogP contribution in [0.3, 0.4) is 0 Å². The summed E-state index contributed by atoms with van der Waals surface area (Å²) < 4.78 is 41.0. The van der Waals surface area contributed by atoms with Gasteiger partial charge in [0.25, 0.3) is 0 Å². The summed E-state index contributed by atoms with van der Waals surface area (Å²) in [6, 6.07) is 6.78. The van der Waals surface area contributed by atoms with Crippen molar-refractivity contribution in [2.45, 2.75) is 12.6 Å². The van der Waals surface area contributed by atoms with Crippen LogP contribution in [0.25, 0.3) is 5.69 Å². The maximum absolute atomic E-state index is 13.3. The van der Waals surface area contributed by atoms with Gasteiger partial charge in [0, 0.05) is 17.1 Å². The Balaban J connectivity index is 1.69. The van der Waals surface area contributed by atoms with Crippen LogP contribution in [0.2, 0.25) is 0 Å². The SMILES string of the molecule is O=C(NCCc1cccs1)Nc1ccc(-n2cncn2)c(C(F)(F)F)c1. The van der Waals surface area contributed by atoms with Gasteiger partial charge in [-0.15, -0.1) is 11.3 Å². The van der Waals surface area contributed by atoms with E-state index in [1.54, 1.807) is 11.3 Å². The van der Waals surface area contributed by atoms with Gasteiger partial charge >= 0.3 is 12.2 Å². The fraction of sp³-hybridized carbons (Fsp3) is 0.188. The Hall–Kier alpha value is -2.88. The number of nitrogens with zero attached hydrogens (tertiary/aromatic N) is 3. The van der Waals surface area contributed by atoms with E-state index in [1.807, 2.05) is 17.5 Å². The third-order valence-corrected chi connectivity index (χ3v) is 4.40. The van der Waals surface area contributed by atoms with Gasteiger partial charge in [-0.3, -0.25) is 0 Å². The van der Waals surface area contributed by atoms with Crippen molar-refractivity contribution in [1.82, 2.24) is 20.1 Å². The fourth-order valence-electron chi connectivity index (χ4n) is 2.30. The number of carbonyl (C=O) groups is 1. The van der Waals surface area contributed by atoms with Gasteiger partial charge in [-0.1, -0.05) is 6.07 Å². The summed E-state index contributed by atoms with van der Waals surface area (Å²) in [5.41, 5.74) is -1.05. The van der Waals surface area contributed by atoms with Crippen LogP contribution in [0.15, 0.2) is 48.4 Å². The molecule has 136 valence electrons. The van der Waals surface area contributed by atoms with Crippen molar-refractivity contribution in [1.29, 1.82) is 0 Å². The number of hydrogen-bond acceptors (Lipinski definition) is 4. The smallest absolute Gasteiger partial charge is 0.338 e. The Morgan fingerprint density at radius 2 is 2.12 bits per heavy atom. The first-order chi connectivity index (χ1) is 12.4. The van der Waals surface area contributed by atoms with E-state index in [2.05, 4.69) is 20.7 Å². The highest BCUT2D eigenvalue weighted by Crippen LogP contribution is 2.35. The Morgan fingerprint density at radius 1 is 1.27 bits per heavy atom. The van der Waals surface area contributed by atoms with Gasteiger partial charge in [-0.2, -0.15) is 18.3 Å². The van der Waals surface area contributed by atoms with Crippen LogP contribution in [-0.2, 0) is 12.6 Å². The third-order valence-electron chi connectivity index (χ3n) is 3.46. The maximum Gasteiger partial charge on any atom is 0.418 e. The minimum Gasteiger partial charge on any atom is -0.338 e. The number of halogens is 3. The van der Waals surface area contributed by atoms with Crippen molar-refractivity contribution in [3.05, 3.63) is 58.8 Å². The average Bonchev–Trinajstić information content (AvgIpc) is 3.27. The van der Waals surface area contributed by atoms with Gasteiger partial charge in [0.1, 0.15) is 12.7 Å². The molecule has 3 rings (SSSR count). The lowest BCUT2D eigenvalue weighted by Gasteiger charge is -2.15. The van der Waals surface area contributed by atoms with E-state index >= 15 is 0 Å². The lowest BCUT2D eigenvalue weighted by molar-refractivity contribution is -0.137. The molecule has 0 bridgehead atoms. The summed E-state index contributed by atoms with van der Waals surface area (Å²) in [6.45, 7) is 0.384. The molecule has 2 N–H and O–H groups in total. The lowest BCUT2D eigenvalue weighted by Crippen LogP contribution is -2.30. The zero-order chi connectivity index (χ0) is 18.6. The number of carbonyl (C=O) groups excluding carboxylic acids is 1. The number of rotatable bonds is 5. The number of nitrogens with one attached hydrogen (secondary N) is 2. The highest BCUT2D eigenvalue weighted by atomic mass is 32.1. The predicted octanol–water partition coefficient (Wildman–Crippen LogP) is 3.71. The Kier molecular flexibility index (Phi) is 5.21. The Labute approximate surface area is 150 Å². The average molecular weight is 381 g/mol. The molecule has 0 unspecified atom stereocenters. The fourth-order valence-corrected chi connectivity index (χ4v) is 3.01. The van der Waals surface area contributed by atoms with E-state index in [4.69, 9.17) is 0 Å².